The molecule has 0 saturated heterocycles. The average molecular weight is 252 g/mol. The predicted molar refractivity (Wildman–Crippen MR) is 66.0 cm³/mol. The van der Waals surface area contributed by atoms with Crippen molar-refractivity contribution >= 4 is 11.6 Å². The van der Waals surface area contributed by atoms with Crippen LogP contribution in [-0.4, -0.2) is 4.57 Å². The fourth-order valence-corrected chi connectivity index (χ4v) is 1.89. The zero-order valence-electron chi connectivity index (χ0n) is 9.28. The topological polar surface area (TPSA) is 22.0 Å². The van der Waals surface area contributed by atoms with E-state index in [4.69, 9.17) is 11.6 Å². The first-order valence-corrected chi connectivity index (χ1v) is 5.57. The maximum Gasteiger partial charge on any atom is 0.251 e. The van der Waals surface area contributed by atoms with Crippen molar-refractivity contribution in [1.82, 2.24) is 4.57 Å². The van der Waals surface area contributed by atoms with E-state index in [1.54, 1.807) is 31.2 Å². The number of hydrogen-bond donors (Lipinski definition) is 0. The lowest BCUT2D eigenvalue weighted by Crippen LogP contribution is -2.22. The van der Waals surface area contributed by atoms with Crippen molar-refractivity contribution in [3.05, 3.63) is 68.8 Å². The maximum absolute atomic E-state index is 13.6. The number of halogens is 2. The average Bonchev–Trinajstić information content (AvgIpc) is 2.27. The first-order chi connectivity index (χ1) is 8.09. The third kappa shape index (κ3) is 2.39. The highest BCUT2D eigenvalue weighted by Gasteiger charge is 2.09. The van der Waals surface area contributed by atoms with Crippen LogP contribution in [0.15, 0.2) is 41.2 Å². The highest BCUT2D eigenvalue weighted by Crippen LogP contribution is 2.19. The zero-order chi connectivity index (χ0) is 12.4. The summed E-state index contributed by atoms with van der Waals surface area (Å²) >= 11 is 5.93. The molecule has 2 nitrogen and oxygen atoms in total. The van der Waals surface area contributed by atoms with Crippen molar-refractivity contribution in [2.75, 3.05) is 0 Å². The maximum atomic E-state index is 13.6. The van der Waals surface area contributed by atoms with E-state index < -0.39 is 5.82 Å². The molecule has 0 radical (unpaired) electrons. The molecule has 0 aliphatic rings. The second kappa shape index (κ2) is 4.72. The summed E-state index contributed by atoms with van der Waals surface area (Å²) in [5.41, 5.74) is 0.951. The molecule has 0 bridgehead atoms. The van der Waals surface area contributed by atoms with Crippen LogP contribution in [0.4, 0.5) is 4.39 Å². The van der Waals surface area contributed by atoms with Gasteiger partial charge in [-0.05, 0) is 25.1 Å². The fraction of sp³-hybridized carbons (Fsp3) is 0.154. The summed E-state index contributed by atoms with van der Waals surface area (Å²) in [4.78, 5) is 11.7. The molecular formula is C13H11ClFNO. The molecule has 1 aromatic carbocycles. The van der Waals surface area contributed by atoms with Gasteiger partial charge in [-0.2, -0.15) is 0 Å². The second-order valence-corrected chi connectivity index (χ2v) is 4.20. The van der Waals surface area contributed by atoms with Crippen molar-refractivity contribution in [2.45, 2.75) is 13.5 Å². The van der Waals surface area contributed by atoms with Gasteiger partial charge in [0.2, 0.25) is 0 Å². The van der Waals surface area contributed by atoms with E-state index in [9.17, 15) is 9.18 Å². The molecule has 0 unspecified atom stereocenters. The summed E-state index contributed by atoms with van der Waals surface area (Å²) in [7, 11) is 0. The van der Waals surface area contributed by atoms with Crippen LogP contribution >= 0.6 is 11.6 Å². The smallest absolute Gasteiger partial charge is 0.251 e. The van der Waals surface area contributed by atoms with Gasteiger partial charge in [0.1, 0.15) is 5.82 Å². The van der Waals surface area contributed by atoms with Crippen LogP contribution in [0.25, 0.3) is 0 Å². The van der Waals surface area contributed by atoms with Crippen molar-refractivity contribution in [1.29, 1.82) is 0 Å². The number of pyridine rings is 1. The Labute approximate surface area is 103 Å². The number of rotatable bonds is 2. The molecule has 0 fully saturated rings. The Morgan fingerprint density at radius 3 is 2.59 bits per heavy atom. The molecular weight excluding hydrogens is 241 g/mol. The number of aromatic nitrogens is 1. The number of aryl methyl sites for hydroxylation is 1. The van der Waals surface area contributed by atoms with E-state index in [-0.39, 0.29) is 12.1 Å². The van der Waals surface area contributed by atoms with Gasteiger partial charge in [-0.3, -0.25) is 4.79 Å². The van der Waals surface area contributed by atoms with Crippen LogP contribution in [0.5, 0.6) is 0 Å². The van der Waals surface area contributed by atoms with E-state index in [1.165, 1.54) is 16.7 Å². The molecule has 0 N–H and O–H groups in total. The molecule has 2 rings (SSSR count). The largest absolute Gasteiger partial charge is 0.308 e. The van der Waals surface area contributed by atoms with E-state index in [2.05, 4.69) is 0 Å². The minimum absolute atomic E-state index is 0.150. The van der Waals surface area contributed by atoms with E-state index in [0.717, 1.165) is 5.69 Å². The van der Waals surface area contributed by atoms with Crippen molar-refractivity contribution < 1.29 is 4.39 Å². The van der Waals surface area contributed by atoms with E-state index in [0.29, 0.717) is 10.6 Å². The van der Waals surface area contributed by atoms with Gasteiger partial charge in [0, 0.05) is 22.3 Å². The Morgan fingerprint density at radius 2 is 1.94 bits per heavy atom. The van der Waals surface area contributed by atoms with Gasteiger partial charge in [0.15, 0.2) is 0 Å². The summed E-state index contributed by atoms with van der Waals surface area (Å²) in [6.45, 7) is 1.95. The third-order valence-electron chi connectivity index (χ3n) is 2.65. The van der Waals surface area contributed by atoms with Gasteiger partial charge >= 0.3 is 0 Å². The fourth-order valence-electron chi connectivity index (χ4n) is 1.67. The number of nitrogens with zero attached hydrogens (tertiary/aromatic N) is 1. The van der Waals surface area contributed by atoms with Crippen LogP contribution < -0.4 is 5.56 Å². The molecule has 1 heterocycles. The molecule has 4 heteroatoms. The van der Waals surface area contributed by atoms with E-state index >= 15 is 0 Å². The molecule has 2 aromatic rings. The standard InChI is InChI=1S/C13H11ClFNO/c1-9-4-2-7-13(17)16(9)8-10-11(14)5-3-6-12(10)15/h2-7H,8H2,1H3. The minimum Gasteiger partial charge on any atom is -0.308 e. The lowest BCUT2D eigenvalue weighted by molar-refractivity contribution is 0.593. The molecule has 17 heavy (non-hydrogen) atoms. The minimum atomic E-state index is -0.396. The Kier molecular flexibility index (Phi) is 3.29. The summed E-state index contributed by atoms with van der Waals surface area (Å²) in [5, 5.41) is 0.333. The van der Waals surface area contributed by atoms with Crippen molar-refractivity contribution in [2.24, 2.45) is 0 Å². The Hall–Kier alpha value is -1.61. The molecule has 0 aliphatic heterocycles. The van der Waals surface area contributed by atoms with Gasteiger partial charge in [0.25, 0.3) is 5.56 Å². The summed E-state index contributed by atoms with van der Waals surface area (Å²) < 4.78 is 15.1. The van der Waals surface area contributed by atoms with Crippen molar-refractivity contribution in [3.8, 4) is 0 Å². The predicted octanol–water partition coefficient (Wildman–Crippen LogP) is 3.00. The second-order valence-electron chi connectivity index (χ2n) is 3.79. The SMILES string of the molecule is Cc1cccc(=O)n1Cc1c(F)cccc1Cl. The van der Waals surface area contributed by atoms with Crippen LogP contribution in [0, 0.1) is 12.7 Å². The lowest BCUT2D eigenvalue weighted by atomic mass is 10.2. The van der Waals surface area contributed by atoms with Crippen LogP contribution in [0.3, 0.4) is 0 Å². The molecule has 0 aliphatic carbocycles. The monoisotopic (exact) mass is 251 g/mol. The number of hydrogen-bond acceptors (Lipinski definition) is 1. The third-order valence-corrected chi connectivity index (χ3v) is 3.00. The molecule has 88 valence electrons. The van der Waals surface area contributed by atoms with Gasteiger partial charge in [-0.1, -0.05) is 23.7 Å². The van der Waals surface area contributed by atoms with Gasteiger partial charge in [-0.15, -0.1) is 0 Å². The van der Waals surface area contributed by atoms with E-state index in [1.807, 2.05) is 0 Å². The van der Waals surface area contributed by atoms with Gasteiger partial charge in [0.05, 0.1) is 6.54 Å². The molecule has 0 saturated carbocycles. The number of benzene rings is 1. The van der Waals surface area contributed by atoms with Gasteiger partial charge < -0.3 is 4.57 Å². The summed E-state index contributed by atoms with van der Waals surface area (Å²) in [6, 6.07) is 9.42. The first-order valence-electron chi connectivity index (χ1n) is 5.19. The molecule has 0 atom stereocenters. The Morgan fingerprint density at radius 1 is 1.24 bits per heavy atom. The highest BCUT2D eigenvalue weighted by atomic mass is 35.5. The van der Waals surface area contributed by atoms with Crippen molar-refractivity contribution in [3.63, 3.8) is 0 Å². The summed E-state index contributed by atoms with van der Waals surface area (Å²) in [5.74, 6) is -0.396. The van der Waals surface area contributed by atoms with Crippen LogP contribution in [0.1, 0.15) is 11.3 Å². The Balaban J connectivity index is 2.49. The Bertz CT molecular complexity index is 586. The van der Waals surface area contributed by atoms with Crippen LogP contribution in [0.2, 0.25) is 5.02 Å². The normalized spacial score (nSPS) is 10.5. The molecule has 0 spiro atoms. The zero-order valence-corrected chi connectivity index (χ0v) is 10.0. The summed E-state index contributed by atoms with van der Waals surface area (Å²) in [6.07, 6.45) is 0. The quantitative estimate of drug-likeness (QED) is 0.804. The molecule has 0 amide bonds. The van der Waals surface area contributed by atoms with Crippen LogP contribution in [-0.2, 0) is 6.54 Å². The van der Waals surface area contributed by atoms with Gasteiger partial charge in [-0.25, -0.2) is 4.39 Å². The first kappa shape index (κ1) is 11.9. The molecule has 1 aromatic heterocycles. The lowest BCUT2D eigenvalue weighted by Gasteiger charge is -2.11. The highest BCUT2D eigenvalue weighted by molar-refractivity contribution is 6.31.